The summed E-state index contributed by atoms with van der Waals surface area (Å²) >= 11 is 3.61. The van der Waals surface area contributed by atoms with E-state index in [9.17, 15) is 0 Å². The van der Waals surface area contributed by atoms with Crippen molar-refractivity contribution in [2.45, 2.75) is 77.6 Å². The van der Waals surface area contributed by atoms with E-state index in [1.54, 1.807) is 46.7 Å². The Bertz CT molecular complexity index is 545. The van der Waals surface area contributed by atoms with Crippen molar-refractivity contribution in [1.29, 1.82) is 0 Å². The predicted octanol–water partition coefficient (Wildman–Crippen LogP) is 2.36. The van der Waals surface area contributed by atoms with Crippen LogP contribution in [0.5, 0.6) is 0 Å². The van der Waals surface area contributed by atoms with Gasteiger partial charge in [0.2, 0.25) is 0 Å². The van der Waals surface area contributed by atoms with Gasteiger partial charge in [0.05, 0.1) is 0 Å². The molecule has 4 aliphatic rings. The van der Waals surface area contributed by atoms with Crippen molar-refractivity contribution < 1.29 is 71.5 Å². The minimum atomic E-state index is 0. The van der Waals surface area contributed by atoms with Gasteiger partial charge in [0, 0.05) is 0 Å². The van der Waals surface area contributed by atoms with Crippen LogP contribution in [0.25, 0.3) is 0 Å². The molecule has 0 unspecified atom stereocenters. The van der Waals surface area contributed by atoms with E-state index in [0.717, 1.165) is 25.7 Å². The number of hydrogen-bond acceptors (Lipinski definition) is 0. The van der Waals surface area contributed by atoms with Crippen molar-refractivity contribution in [3.63, 3.8) is 0 Å². The van der Waals surface area contributed by atoms with E-state index in [2.05, 4.69) is 76.3 Å². The molecule has 0 aromatic carbocycles. The van der Waals surface area contributed by atoms with Gasteiger partial charge in [-0.2, -0.15) is 24.3 Å². The van der Waals surface area contributed by atoms with Crippen LogP contribution < -0.4 is 24.8 Å². The molecule has 0 aliphatic heterocycles. The molecular weight excluding hydrogens is 646 g/mol. The molecule has 0 fully saturated rings. The zero-order chi connectivity index (χ0) is 24.1. The molecular formula is C28H40Cl2Si2Zr2-2. The third-order valence-electron chi connectivity index (χ3n) is 4.05. The van der Waals surface area contributed by atoms with Crippen molar-refractivity contribution in [1.82, 2.24) is 0 Å². The molecule has 0 spiro atoms. The first-order valence-corrected chi connectivity index (χ1v) is 22.8. The molecule has 0 bridgehead atoms. The van der Waals surface area contributed by atoms with Crippen LogP contribution in [-0.4, -0.2) is 10.9 Å². The Morgan fingerprint density at radius 2 is 0.706 bits per heavy atom. The van der Waals surface area contributed by atoms with Gasteiger partial charge in [-0.1, -0.05) is 0 Å². The molecule has 4 rings (SSSR count). The van der Waals surface area contributed by atoms with Gasteiger partial charge < -0.3 is 24.8 Å². The minimum Gasteiger partial charge on any atom is -1.00 e. The molecule has 184 valence electrons. The maximum atomic E-state index is 2.99. The summed E-state index contributed by atoms with van der Waals surface area (Å²) in [5.41, 5.74) is 0.443. The van der Waals surface area contributed by atoms with Crippen molar-refractivity contribution in [2.24, 2.45) is 0 Å². The van der Waals surface area contributed by atoms with Crippen LogP contribution in [0.3, 0.4) is 0 Å². The van der Waals surface area contributed by atoms with Crippen molar-refractivity contribution in [3.8, 4) is 0 Å². The minimum absolute atomic E-state index is 0. The molecule has 0 atom stereocenters. The van der Waals surface area contributed by atoms with Crippen molar-refractivity contribution in [3.05, 3.63) is 97.2 Å². The van der Waals surface area contributed by atoms with E-state index < -0.39 is 0 Å². The Balaban J connectivity index is -0.000000157. The van der Waals surface area contributed by atoms with Gasteiger partial charge >= 0.3 is 109 Å². The average molecular weight is 686 g/mol. The quantitative estimate of drug-likeness (QED) is 0.315. The molecule has 34 heavy (non-hydrogen) atoms. The normalized spacial score (nSPS) is 13.4. The van der Waals surface area contributed by atoms with Gasteiger partial charge in [0.25, 0.3) is 0 Å². The number of rotatable bonds is 4. The van der Waals surface area contributed by atoms with Crippen LogP contribution in [0.2, 0.25) is 24.2 Å². The third-order valence-corrected chi connectivity index (χ3v) is 17.9. The van der Waals surface area contributed by atoms with E-state index in [1.165, 1.54) is 24.2 Å². The maximum absolute atomic E-state index is 2.99. The van der Waals surface area contributed by atoms with Crippen LogP contribution >= 0.6 is 0 Å². The Morgan fingerprint density at radius 3 is 0.735 bits per heavy atom. The zero-order valence-electron chi connectivity index (χ0n) is 21.3. The fraction of sp³-hybridized carbons (Fsp3) is 0.429. The Morgan fingerprint density at radius 1 is 0.500 bits per heavy atom. The van der Waals surface area contributed by atoms with E-state index in [-0.39, 0.29) is 35.7 Å². The van der Waals surface area contributed by atoms with E-state index in [1.807, 2.05) is 48.6 Å². The molecule has 0 amide bonds. The second kappa shape index (κ2) is 38.2. The van der Waals surface area contributed by atoms with Gasteiger partial charge in [-0.05, 0) is 0 Å². The largest absolute Gasteiger partial charge is 1.00 e. The first kappa shape index (κ1) is 41.8. The Labute approximate surface area is 254 Å². The number of halogens is 2. The molecule has 0 nitrogen and oxygen atoms in total. The zero-order valence-corrected chi connectivity index (χ0v) is 29.8. The summed E-state index contributed by atoms with van der Waals surface area (Å²) in [5, 5.41) is 0. The summed E-state index contributed by atoms with van der Waals surface area (Å²) in [7, 11) is 0. The van der Waals surface area contributed by atoms with Crippen LogP contribution in [0.15, 0.2) is 72.9 Å². The first-order chi connectivity index (χ1) is 15.6. The van der Waals surface area contributed by atoms with Crippen LogP contribution in [0, 0.1) is 24.3 Å². The fourth-order valence-corrected chi connectivity index (χ4v) is 2.86. The summed E-state index contributed by atoms with van der Waals surface area (Å²) < 4.78 is 0. The van der Waals surface area contributed by atoms with Crippen LogP contribution in [0.1, 0.15) is 53.4 Å². The first-order valence-electron chi connectivity index (χ1n) is 11.6. The van der Waals surface area contributed by atoms with Crippen LogP contribution in [0.4, 0.5) is 0 Å². The second-order valence-electron chi connectivity index (χ2n) is 6.63. The molecule has 0 saturated heterocycles. The molecule has 6 heteroatoms. The average Bonchev–Trinajstić information content (AvgIpc) is 3.70. The summed E-state index contributed by atoms with van der Waals surface area (Å²) in [5.74, 6) is 0. The SMILES string of the molecule is CC[Si](=[Zr+2])CC.CC[Si](=[Zr+2])CC.[C-]1=CC=CC1.[C-]1=CC=CC1.[C-]1=CC=CC1.[C-]1=CC=CC1.[Cl-].[Cl-]. The van der Waals surface area contributed by atoms with Crippen LogP contribution in [-0.2, 0) is 46.7 Å². The summed E-state index contributed by atoms with van der Waals surface area (Å²) in [6.45, 7) is 9.19. The van der Waals surface area contributed by atoms with E-state index in [4.69, 9.17) is 0 Å². The van der Waals surface area contributed by atoms with Gasteiger partial charge in [-0.15, -0.1) is 25.7 Å². The standard InChI is InChI=1S/4C5H5.2C4H10Si.2ClH.2Zr/c4*1-2-4-5-3-1;2*1-3-5-4-2;;;;/h4*1-3H,4H2;2*3-4H2,1-2H3;2*1H;;/q4*-1;;;;;2*+2/p-2. The summed E-state index contributed by atoms with van der Waals surface area (Å²) in [6.07, 6.45) is 40.0. The fourth-order valence-electron chi connectivity index (χ4n) is 1.86. The summed E-state index contributed by atoms with van der Waals surface area (Å²) in [4.78, 5) is 0. The number of allylic oxidation sites excluding steroid dienone is 16. The maximum Gasteiger partial charge on any atom is -0.109 e. The number of hydrogen-bond donors (Lipinski definition) is 0. The van der Waals surface area contributed by atoms with Gasteiger partial charge in [0.1, 0.15) is 0 Å². The van der Waals surface area contributed by atoms with Crippen molar-refractivity contribution >= 4 is 10.9 Å². The molecule has 0 heterocycles. The van der Waals surface area contributed by atoms with E-state index >= 15 is 0 Å². The van der Waals surface area contributed by atoms with Gasteiger partial charge in [-0.3, -0.25) is 24.3 Å². The van der Waals surface area contributed by atoms with Crippen molar-refractivity contribution in [2.75, 3.05) is 0 Å². The smallest absolute Gasteiger partial charge is 0.109 e. The topological polar surface area (TPSA) is 0 Å². The molecule has 0 aromatic rings. The molecule has 4 aliphatic carbocycles. The molecule has 0 saturated carbocycles. The molecule has 0 N–H and O–H groups in total. The Hall–Kier alpha value is 0.700. The predicted molar refractivity (Wildman–Crippen MR) is 140 cm³/mol. The summed E-state index contributed by atoms with van der Waals surface area (Å²) in [6, 6.07) is 5.89. The molecule has 0 aromatic heterocycles. The Kier molecular flexibility index (Phi) is 47.0. The van der Waals surface area contributed by atoms with Gasteiger partial charge in [-0.25, -0.2) is 48.6 Å². The second-order valence-corrected chi connectivity index (χ2v) is 22.3. The van der Waals surface area contributed by atoms with Gasteiger partial charge in [0.15, 0.2) is 0 Å². The monoisotopic (exact) mass is 682 g/mol. The molecule has 0 radical (unpaired) electrons. The third kappa shape index (κ3) is 39.9. The van der Waals surface area contributed by atoms with E-state index in [0.29, 0.717) is 0 Å².